The van der Waals surface area contributed by atoms with Crippen LogP contribution in [0.4, 0.5) is 0 Å². The van der Waals surface area contributed by atoms with Crippen LogP contribution >= 0.6 is 12.4 Å². The molecule has 1 aliphatic heterocycles. The maximum Gasteiger partial charge on any atom is 0.253 e. The Hall–Kier alpha value is -1.15. The van der Waals surface area contributed by atoms with Crippen molar-refractivity contribution in [2.75, 3.05) is 26.2 Å². The van der Waals surface area contributed by atoms with Crippen molar-refractivity contribution in [2.24, 2.45) is 0 Å². The summed E-state index contributed by atoms with van der Waals surface area (Å²) in [6.07, 6.45) is 0.927. The molecule has 0 aliphatic carbocycles. The third-order valence-electron chi connectivity index (χ3n) is 3.43. The summed E-state index contributed by atoms with van der Waals surface area (Å²) in [4.78, 5) is 14.4. The summed E-state index contributed by atoms with van der Waals surface area (Å²) >= 11 is 0. The molecule has 2 rings (SSSR count). The van der Waals surface area contributed by atoms with Crippen LogP contribution in [0.25, 0.3) is 0 Å². The van der Waals surface area contributed by atoms with Crippen LogP contribution in [0.1, 0.15) is 30.6 Å². The number of carbonyl (C=O) groups excluding carboxylic acids is 1. The largest absolute Gasteiger partial charge is 0.337 e. The quantitative estimate of drug-likeness (QED) is 0.845. The van der Waals surface area contributed by atoms with Crippen LogP contribution in [-0.4, -0.2) is 51.4 Å². The van der Waals surface area contributed by atoms with Gasteiger partial charge < -0.3 is 10.2 Å². The Kier molecular flexibility index (Phi) is 7.47. The molecule has 23 heavy (non-hydrogen) atoms. The van der Waals surface area contributed by atoms with Gasteiger partial charge in [0.25, 0.3) is 5.91 Å². The van der Waals surface area contributed by atoms with Gasteiger partial charge in [0.15, 0.2) is 0 Å². The Morgan fingerprint density at radius 3 is 2.43 bits per heavy atom. The van der Waals surface area contributed by atoms with Crippen LogP contribution in [0.3, 0.4) is 0 Å². The minimum Gasteiger partial charge on any atom is -0.337 e. The van der Waals surface area contributed by atoms with E-state index >= 15 is 0 Å². The number of nitrogens with zero attached hydrogens (tertiary/aromatic N) is 1. The minimum atomic E-state index is -3.52. The van der Waals surface area contributed by atoms with Crippen LogP contribution in [0.2, 0.25) is 0 Å². The van der Waals surface area contributed by atoms with Crippen LogP contribution in [0.15, 0.2) is 29.2 Å². The lowest BCUT2D eigenvalue weighted by molar-refractivity contribution is 0.0766. The summed E-state index contributed by atoms with van der Waals surface area (Å²) in [6, 6.07) is 5.95. The van der Waals surface area contributed by atoms with Crippen molar-refractivity contribution in [2.45, 2.75) is 31.2 Å². The molecule has 0 spiro atoms. The summed E-state index contributed by atoms with van der Waals surface area (Å²) < 4.78 is 26.6. The number of benzene rings is 1. The molecular formula is C15H24ClN3O3S. The SMILES string of the molecule is CC(C)NS(=O)(=O)c1ccc(C(=O)N2CCCNCC2)cc1.Cl. The predicted octanol–water partition coefficient (Wildman–Crippen LogP) is 1.23. The standard InChI is InChI=1S/C15H23N3O3S.ClH/c1-12(2)17-22(20,21)14-6-4-13(5-7-14)15(19)18-10-3-8-16-9-11-18;/h4-7,12,16-17H,3,8-11H2,1-2H3;1H. The van der Waals surface area contributed by atoms with E-state index in [0.29, 0.717) is 12.1 Å². The average molecular weight is 362 g/mol. The van der Waals surface area contributed by atoms with E-state index in [2.05, 4.69) is 10.0 Å². The highest BCUT2D eigenvalue weighted by Crippen LogP contribution is 2.13. The Morgan fingerprint density at radius 2 is 1.83 bits per heavy atom. The number of sulfonamides is 1. The van der Waals surface area contributed by atoms with Crippen LogP contribution < -0.4 is 10.0 Å². The zero-order valence-electron chi connectivity index (χ0n) is 13.4. The second-order valence-electron chi connectivity index (χ2n) is 5.70. The molecule has 0 aromatic heterocycles. The average Bonchev–Trinajstić information content (AvgIpc) is 2.74. The smallest absolute Gasteiger partial charge is 0.253 e. The van der Waals surface area contributed by atoms with Gasteiger partial charge in [0.05, 0.1) is 4.90 Å². The normalized spacial score (nSPS) is 15.9. The van der Waals surface area contributed by atoms with Crippen molar-refractivity contribution in [3.05, 3.63) is 29.8 Å². The molecule has 8 heteroatoms. The molecule has 1 amide bonds. The summed E-state index contributed by atoms with van der Waals surface area (Å²) in [6.45, 7) is 6.64. The monoisotopic (exact) mass is 361 g/mol. The predicted molar refractivity (Wildman–Crippen MR) is 92.5 cm³/mol. The lowest BCUT2D eigenvalue weighted by Crippen LogP contribution is -2.34. The van der Waals surface area contributed by atoms with E-state index in [0.717, 1.165) is 26.1 Å². The summed E-state index contributed by atoms with van der Waals surface area (Å²) in [5.41, 5.74) is 0.519. The Balaban J connectivity index is 0.00000264. The van der Waals surface area contributed by atoms with Gasteiger partial charge in [-0.05, 0) is 51.1 Å². The lowest BCUT2D eigenvalue weighted by atomic mass is 10.2. The molecule has 0 bridgehead atoms. The fourth-order valence-electron chi connectivity index (χ4n) is 2.39. The number of amides is 1. The maximum atomic E-state index is 12.4. The number of nitrogens with one attached hydrogen (secondary N) is 2. The molecule has 130 valence electrons. The molecule has 1 fully saturated rings. The molecule has 1 aliphatic rings. The summed E-state index contributed by atoms with van der Waals surface area (Å²) in [5.74, 6) is -0.0514. The summed E-state index contributed by atoms with van der Waals surface area (Å²) in [5, 5.41) is 3.25. The zero-order chi connectivity index (χ0) is 16.2. The van der Waals surface area contributed by atoms with Gasteiger partial charge in [0.1, 0.15) is 0 Å². The first kappa shape index (κ1) is 19.9. The zero-order valence-corrected chi connectivity index (χ0v) is 15.0. The van der Waals surface area contributed by atoms with E-state index in [9.17, 15) is 13.2 Å². The van der Waals surface area contributed by atoms with Crippen LogP contribution in [-0.2, 0) is 10.0 Å². The number of hydrogen-bond donors (Lipinski definition) is 2. The first-order chi connectivity index (χ1) is 10.4. The molecule has 1 heterocycles. The van der Waals surface area contributed by atoms with E-state index < -0.39 is 10.0 Å². The Morgan fingerprint density at radius 1 is 1.17 bits per heavy atom. The van der Waals surface area contributed by atoms with Gasteiger partial charge in [-0.3, -0.25) is 4.79 Å². The number of carbonyl (C=O) groups is 1. The third-order valence-corrected chi connectivity index (χ3v) is 5.10. The van der Waals surface area contributed by atoms with Crippen molar-refractivity contribution in [1.29, 1.82) is 0 Å². The maximum absolute atomic E-state index is 12.4. The van der Waals surface area contributed by atoms with Gasteiger partial charge in [-0.1, -0.05) is 0 Å². The van der Waals surface area contributed by atoms with Crippen molar-refractivity contribution in [1.82, 2.24) is 14.9 Å². The molecular weight excluding hydrogens is 338 g/mol. The second kappa shape index (κ2) is 8.63. The number of halogens is 1. The highest BCUT2D eigenvalue weighted by Gasteiger charge is 2.19. The van der Waals surface area contributed by atoms with Crippen LogP contribution in [0, 0.1) is 0 Å². The van der Waals surface area contributed by atoms with E-state index in [1.165, 1.54) is 12.1 Å². The molecule has 0 radical (unpaired) electrons. The molecule has 1 saturated heterocycles. The molecule has 0 unspecified atom stereocenters. The van der Waals surface area contributed by atoms with E-state index in [4.69, 9.17) is 0 Å². The minimum absolute atomic E-state index is 0. The van der Waals surface area contributed by atoms with Gasteiger partial charge in [-0.2, -0.15) is 0 Å². The lowest BCUT2D eigenvalue weighted by Gasteiger charge is -2.20. The number of hydrogen-bond acceptors (Lipinski definition) is 4. The van der Waals surface area contributed by atoms with Gasteiger partial charge in [-0.15, -0.1) is 12.4 Å². The fraction of sp³-hybridized carbons (Fsp3) is 0.533. The third kappa shape index (κ3) is 5.46. The second-order valence-corrected chi connectivity index (χ2v) is 7.41. The topological polar surface area (TPSA) is 78.5 Å². The van der Waals surface area contributed by atoms with Crippen molar-refractivity contribution >= 4 is 28.3 Å². The Labute approximate surface area is 144 Å². The van der Waals surface area contributed by atoms with Gasteiger partial charge in [-0.25, -0.2) is 13.1 Å². The van der Waals surface area contributed by atoms with Gasteiger partial charge >= 0.3 is 0 Å². The molecule has 0 saturated carbocycles. The molecule has 1 aromatic rings. The highest BCUT2D eigenvalue weighted by molar-refractivity contribution is 7.89. The van der Waals surface area contributed by atoms with Gasteiger partial charge in [0.2, 0.25) is 10.0 Å². The molecule has 0 atom stereocenters. The fourth-order valence-corrected chi connectivity index (χ4v) is 3.64. The first-order valence-corrected chi connectivity index (χ1v) is 9.01. The molecule has 1 aromatic carbocycles. The highest BCUT2D eigenvalue weighted by atomic mass is 35.5. The van der Waals surface area contributed by atoms with E-state index in [1.807, 2.05) is 0 Å². The molecule has 6 nitrogen and oxygen atoms in total. The first-order valence-electron chi connectivity index (χ1n) is 7.52. The molecule has 2 N–H and O–H groups in total. The van der Waals surface area contributed by atoms with Gasteiger partial charge in [0, 0.05) is 31.2 Å². The van der Waals surface area contributed by atoms with Crippen molar-refractivity contribution in [3.63, 3.8) is 0 Å². The Bertz CT molecular complexity index is 609. The number of rotatable bonds is 4. The van der Waals surface area contributed by atoms with E-state index in [-0.39, 0.29) is 29.3 Å². The van der Waals surface area contributed by atoms with Crippen molar-refractivity contribution in [3.8, 4) is 0 Å². The van der Waals surface area contributed by atoms with Crippen LogP contribution in [0.5, 0.6) is 0 Å². The van der Waals surface area contributed by atoms with E-state index in [1.54, 1.807) is 30.9 Å². The van der Waals surface area contributed by atoms with Crippen molar-refractivity contribution < 1.29 is 13.2 Å². The summed E-state index contributed by atoms with van der Waals surface area (Å²) in [7, 11) is -3.52.